The van der Waals surface area contributed by atoms with Crippen molar-refractivity contribution in [3.63, 3.8) is 0 Å². The van der Waals surface area contributed by atoms with E-state index in [2.05, 4.69) is 6.92 Å². The van der Waals surface area contributed by atoms with Crippen molar-refractivity contribution in [2.75, 3.05) is 0 Å². The standard InChI is InChI=1S/C6H13BO/c1-3-4-5-7-6(2)8/h7H,3-5H2,1-2H3. The summed E-state index contributed by atoms with van der Waals surface area (Å²) >= 11 is 0. The summed E-state index contributed by atoms with van der Waals surface area (Å²) in [5, 5.41) is 0. The van der Waals surface area contributed by atoms with Gasteiger partial charge < -0.3 is 4.79 Å². The van der Waals surface area contributed by atoms with Crippen molar-refractivity contribution < 1.29 is 4.79 Å². The molecule has 0 aromatic carbocycles. The molecule has 0 aliphatic rings. The Morgan fingerprint density at radius 1 is 1.62 bits per heavy atom. The van der Waals surface area contributed by atoms with Gasteiger partial charge in [-0.2, -0.15) is 0 Å². The van der Waals surface area contributed by atoms with E-state index in [1.807, 2.05) is 0 Å². The van der Waals surface area contributed by atoms with Gasteiger partial charge >= 0.3 is 0 Å². The molecule has 0 aromatic heterocycles. The lowest BCUT2D eigenvalue weighted by Gasteiger charge is -1.88. The average Bonchev–Trinajstić information content (AvgIpc) is 1.66. The summed E-state index contributed by atoms with van der Waals surface area (Å²) < 4.78 is 0. The maximum absolute atomic E-state index is 10.3. The van der Waals surface area contributed by atoms with Crippen molar-refractivity contribution in [2.24, 2.45) is 0 Å². The fourth-order valence-corrected chi connectivity index (χ4v) is 0.624. The molecule has 0 unspecified atom stereocenters. The average molecular weight is 112 g/mol. The van der Waals surface area contributed by atoms with Crippen LogP contribution in [0.5, 0.6) is 0 Å². The molecule has 0 aromatic rings. The summed E-state index contributed by atoms with van der Waals surface area (Å²) in [6.45, 7) is 3.79. The SMILES string of the molecule is CCCCBC(C)=O. The fraction of sp³-hybridized carbons (Fsp3) is 0.833. The number of rotatable bonds is 4. The lowest BCUT2D eigenvalue weighted by molar-refractivity contribution is -0.110. The van der Waals surface area contributed by atoms with Gasteiger partial charge in [-0.1, -0.05) is 26.1 Å². The highest BCUT2D eigenvalue weighted by atomic mass is 16.1. The van der Waals surface area contributed by atoms with E-state index < -0.39 is 0 Å². The number of carbonyl (C=O) groups excluding carboxylic acids is 1. The van der Waals surface area contributed by atoms with Gasteiger partial charge in [0.2, 0.25) is 7.28 Å². The molecule has 0 saturated heterocycles. The maximum atomic E-state index is 10.3. The molecule has 0 rings (SSSR count). The molecule has 0 heterocycles. The van der Waals surface area contributed by atoms with Crippen LogP contribution >= 0.6 is 0 Å². The third-order valence-corrected chi connectivity index (χ3v) is 1.13. The van der Waals surface area contributed by atoms with Gasteiger partial charge in [0.05, 0.1) is 5.68 Å². The molecular formula is C6H13BO. The first-order valence-corrected chi connectivity index (χ1v) is 3.26. The molecule has 0 radical (unpaired) electrons. The Morgan fingerprint density at radius 2 is 2.25 bits per heavy atom. The molecule has 1 nitrogen and oxygen atoms in total. The predicted molar refractivity (Wildman–Crippen MR) is 37.5 cm³/mol. The summed E-state index contributed by atoms with van der Waals surface area (Å²) in [4.78, 5) is 10.3. The Labute approximate surface area is 51.7 Å². The van der Waals surface area contributed by atoms with Crippen LogP contribution in [0, 0.1) is 0 Å². The molecule has 46 valence electrons. The Balaban J connectivity index is 2.82. The van der Waals surface area contributed by atoms with Crippen molar-refractivity contribution >= 4 is 13.0 Å². The molecule has 2 heteroatoms. The van der Waals surface area contributed by atoms with Crippen molar-refractivity contribution in [2.45, 2.75) is 33.0 Å². The molecule has 0 saturated carbocycles. The highest BCUT2D eigenvalue weighted by Gasteiger charge is 1.93. The van der Waals surface area contributed by atoms with Crippen molar-refractivity contribution in [1.29, 1.82) is 0 Å². The molecule has 0 fully saturated rings. The van der Waals surface area contributed by atoms with Gasteiger partial charge in [0.15, 0.2) is 0 Å². The van der Waals surface area contributed by atoms with Crippen molar-refractivity contribution in [1.82, 2.24) is 0 Å². The zero-order chi connectivity index (χ0) is 6.41. The number of hydrogen-bond acceptors (Lipinski definition) is 1. The van der Waals surface area contributed by atoms with E-state index in [1.54, 1.807) is 6.92 Å². The molecule has 0 atom stereocenters. The van der Waals surface area contributed by atoms with Gasteiger partial charge in [0, 0.05) is 0 Å². The largest absolute Gasteiger partial charge is 0.312 e. The summed E-state index contributed by atoms with van der Waals surface area (Å²) in [5.41, 5.74) is 0.318. The minimum absolute atomic E-state index is 0.318. The third-order valence-electron chi connectivity index (χ3n) is 1.13. The normalized spacial score (nSPS) is 8.75. The van der Waals surface area contributed by atoms with Crippen LogP contribution in [0.25, 0.3) is 0 Å². The Hall–Kier alpha value is -0.265. The van der Waals surface area contributed by atoms with Crippen LogP contribution in [0.1, 0.15) is 26.7 Å². The van der Waals surface area contributed by atoms with Gasteiger partial charge in [-0.25, -0.2) is 0 Å². The monoisotopic (exact) mass is 112 g/mol. The van der Waals surface area contributed by atoms with Crippen LogP contribution in [0.15, 0.2) is 0 Å². The van der Waals surface area contributed by atoms with Gasteiger partial charge in [-0.3, -0.25) is 0 Å². The summed E-state index contributed by atoms with van der Waals surface area (Å²) in [7, 11) is 0.772. The number of hydrogen-bond donors (Lipinski definition) is 0. The lowest BCUT2D eigenvalue weighted by atomic mass is 9.69. The van der Waals surface area contributed by atoms with Crippen LogP contribution in [-0.4, -0.2) is 13.0 Å². The first kappa shape index (κ1) is 7.73. The quantitative estimate of drug-likeness (QED) is 0.394. The molecule has 0 bridgehead atoms. The molecule has 8 heavy (non-hydrogen) atoms. The summed E-state index contributed by atoms with van der Waals surface area (Å²) in [5.74, 6) is 0. The third kappa shape index (κ3) is 5.73. The second kappa shape index (κ2) is 4.88. The minimum Gasteiger partial charge on any atom is -0.312 e. The second-order valence-electron chi connectivity index (χ2n) is 2.16. The van der Waals surface area contributed by atoms with Crippen LogP contribution in [0.2, 0.25) is 6.32 Å². The topological polar surface area (TPSA) is 17.1 Å². The number of carbonyl (C=O) groups is 1. The van der Waals surface area contributed by atoms with Crippen molar-refractivity contribution in [3.05, 3.63) is 0 Å². The Bertz CT molecular complexity index is 70.9. The van der Waals surface area contributed by atoms with Gasteiger partial charge in [-0.15, -0.1) is 0 Å². The number of unbranched alkanes of at least 4 members (excludes halogenated alkanes) is 1. The van der Waals surface area contributed by atoms with E-state index in [-0.39, 0.29) is 0 Å². The maximum Gasteiger partial charge on any atom is 0.204 e. The fourth-order valence-electron chi connectivity index (χ4n) is 0.624. The van der Waals surface area contributed by atoms with E-state index in [0.29, 0.717) is 5.68 Å². The van der Waals surface area contributed by atoms with Gasteiger partial charge in [0.25, 0.3) is 0 Å². The first-order valence-electron chi connectivity index (χ1n) is 3.26. The molecular weight excluding hydrogens is 98.9 g/mol. The molecule has 0 spiro atoms. The van der Waals surface area contributed by atoms with Crippen LogP contribution in [0.3, 0.4) is 0 Å². The Kier molecular flexibility index (Phi) is 4.72. The molecule has 0 amide bonds. The zero-order valence-electron chi connectivity index (χ0n) is 5.74. The Morgan fingerprint density at radius 3 is 2.62 bits per heavy atom. The van der Waals surface area contributed by atoms with Crippen LogP contribution in [-0.2, 0) is 4.79 Å². The molecule has 0 aliphatic heterocycles. The van der Waals surface area contributed by atoms with Crippen molar-refractivity contribution in [3.8, 4) is 0 Å². The van der Waals surface area contributed by atoms with Gasteiger partial charge in [0.1, 0.15) is 0 Å². The van der Waals surface area contributed by atoms with E-state index >= 15 is 0 Å². The van der Waals surface area contributed by atoms with Crippen LogP contribution < -0.4 is 0 Å². The van der Waals surface area contributed by atoms with E-state index in [1.165, 1.54) is 12.8 Å². The minimum atomic E-state index is 0.318. The zero-order valence-corrected chi connectivity index (χ0v) is 5.74. The van der Waals surface area contributed by atoms with E-state index in [4.69, 9.17) is 0 Å². The first-order chi connectivity index (χ1) is 3.77. The highest BCUT2D eigenvalue weighted by Crippen LogP contribution is 1.92. The lowest BCUT2D eigenvalue weighted by Crippen LogP contribution is -2.01. The van der Waals surface area contributed by atoms with Gasteiger partial charge in [-0.05, 0) is 6.92 Å². The predicted octanol–water partition coefficient (Wildman–Crippen LogP) is 1.19. The van der Waals surface area contributed by atoms with E-state index in [0.717, 1.165) is 13.6 Å². The van der Waals surface area contributed by atoms with E-state index in [9.17, 15) is 4.79 Å². The summed E-state index contributed by atoms with van der Waals surface area (Å²) in [6.07, 6.45) is 3.47. The van der Waals surface area contributed by atoms with Crippen LogP contribution in [0.4, 0.5) is 0 Å². The molecule has 0 aliphatic carbocycles. The summed E-state index contributed by atoms with van der Waals surface area (Å²) in [6, 6.07) is 0. The molecule has 0 N–H and O–H groups in total. The highest BCUT2D eigenvalue weighted by molar-refractivity contribution is 6.73. The second-order valence-corrected chi connectivity index (χ2v) is 2.16. The smallest absolute Gasteiger partial charge is 0.204 e.